The Morgan fingerprint density at radius 2 is 2.07 bits per heavy atom. The van der Waals surface area contributed by atoms with E-state index in [2.05, 4.69) is 10.3 Å². The van der Waals surface area contributed by atoms with E-state index in [1.165, 1.54) is 0 Å². The fraction of sp³-hybridized carbons (Fsp3) is 0.111. The van der Waals surface area contributed by atoms with Crippen molar-refractivity contribution in [2.75, 3.05) is 5.73 Å². The summed E-state index contributed by atoms with van der Waals surface area (Å²) in [6.45, 7) is 1.62. The molecule has 0 bridgehead atoms. The number of anilines is 1. The molecule has 0 aliphatic carbocycles. The second-order valence-corrected chi connectivity index (χ2v) is 3.07. The first-order valence-corrected chi connectivity index (χ1v) is 4.23. The van der Waals surface area contributed by atoms with Crippen LogP contribution in [0, 0.1) is 18.6 Å². The summed E-state index contributed by atoms with van der Waals surface area (Å²) in [5, 5.41) is 7.19. The molecule has 1 aromatic heterocycles. The molecule has 2 N–H and O–H groups in total. The molecule has 0 atom stereocenters. The molecule has 1 heterocycles. The summed E-state index contributed by atoms with van der Waals surface area (Å²) >= 11 is 0. The second-order valence-electron chi connectivity index (χ2n) is 3.07. The van der Waals surface area contributed by atoms with E-state index in [-0.39, 0.29) is 11.5 Å². The molecule has 0 aliphatic rings. The van der Waals surface area contributed by atoms with Crippen LogP contribution >= 0.6 is 0 Å². The first kappa shape index (κ1) is 9.57. The third kappa shape index (κ3) is 1.54. The Bertz CT molecular complexity index is 507. The number of halogens is 2. The van der Waals surface area contributed by atoms with Gasteiger partial charge in [-0.05, 0) is 19.1 Å². The quantitative estimate of drug-likeness (QED) is 0.774. The summed E-state index contributed by atoms with van der Waals surface area (Å²) in [5.74, 6) is -0.928. The molecule has 0 aliphatic heterocycles. The lowest BCUT2D eigenvalue weighted by Gasteiger charge is -2.04. The summed E-state index contributed by atoms with van der Waals surface area (Å²) in [5.41, 5.74) is 5.92. The predicted molar refractivity (Wildman–Crippen MR) is 50.4 cm³/mol. The molecule has 2 rings (SSSR count). The number of aromatic nitrogens is 3. The fourth-order valence-electron chi connectivity index (χ4n) is 1.22. The molecule has 15 heavy (non-hydrogen) atoms. The van der Waals surface area contributed by atoms with E-state index < -0.39 is 11.6 Å². The van der Waals surface area contributed by atoms with Crippen LogP contribution in [0.25, 0.3) is 5.69 Å². The molecular formula is C9H8F2N4. The minimum Gasteiger partial charge on any atom is -0.381 e. The van der Waals surface area contributed by atoms with Gasteiger partial charge in [-0.2, -0.15) is 0 Å². The summed E-state index contributed by atoms with van der Waals surface area (Å²) < 4.78 is 27.4. The Balaban J connectivity index is 2.63. The smallest absolute Gasteiger partial charge is 0.169 e. The molecule has 6 heteroatoms. The minimum absolute atomic E-state index is 0.00306. The highest BCUT2D eigenvalue weighted by Gasteiger charge is 2.11. The summed E-state index contributed by atoms with van der Waals surface area (Å²) in [6, 6.07) is 3.10. The topological polar surface area (TPSA) is 56.7 Å². The number of rotatable bonds is 1. The van der Waals surface area contributed by atoms with E-state index in [9.17, 15) is 8.78 Å². The number of nitrogens with two attached hydrogens (primary N) is 1. The molecule has 0 radical (unpaired) electrons. The van der Waals surface area contributed by atoms with Crippen molar-refractivity contribution in [3.05, 3.63) is 35.5 Å². The number of nitrogen functional groups attached to an aromatic ring is 1. The van der Waals surface area contributed by atoms with Gasteiger partial charge in [-0.3, -0.25) is 0 Å². The van der Waals surface area contributed by atoms with E-state index in [1.807, 2.05) is 0 Å². The number of hydrogen-bond donors (Lipinski definition) is 1. The summed E-state index contributed by atoms with van der Waals surface area (Å²) in [6.07, 6.45) is 0. The van der Waals surface area contributed by atoms with Crippen molar-refractivity contribution in [1.29, 1.82) is 0 Å². The molecule has 78 valence electrons. The molecular weight excluding hydrogens is 202 g/mol. The predicted octanol–water partition coefficient (Wildman–Crippen LogP) is 1.44. The first-order valence-electron chi connectivity index (χ1n) is 4.23. The zero-order valence-electron chi connectivity index (χ0n) is 7.91. The second kappa shape index (κ2) is 3.30. The van der Waals surface area contributed by atoms with Crippen molar-refractivity contribution >= 4 is 5.82 Å². The normalized spacial score (nSPS) is 10.6. The molecule has 0 saturated carbocycles. The third-order valence-corrected chi connectivity index (χ3v) is 2.07. The highest BCUT2D eigenvalue weighted by Crippen LogP contribution is 2.17. The maximum atomic E-state index is 13.3. The van der Waals surface area contributed by atoms with Gasteiger partial charge in [0, 0.05) is 6.07 Å². The van der Waals surface area contributed by atoms with Crippen LogP contribution in [-0.4, -0.2) is 15.0 Å². The Morgan fingerprint density at radius 1 is 1.33 bits per heavy atom. The summed E-state index contributed by atoms with van der Waals surface area (Å²) in [7, 11) is 0. The van der Waals surface area contributed by atoms with Gasteiger partial charge in [0.15, 0.2) is 5.82 Å². The average molecular weight is 210 g/mol. The van der Waals surface area contributed by atoms with Crippen molar-refractivity contribution in [2.45, 2.75) is 6.92 Å². The maximum absolute atomic E-state index is 13.3. The number of nitrogens with zero attached hydrogens (tertiary/aromatic N) is 3. The van der Waals surface area contributed by atoms with Crippen molar-refractivity contribution in [3.8, 4) is 5.69 Å². The van der Waals surface area contributed by atoms with Gasteiger partial charge >= 0.3 is 0 Å². The van der Waals surface area contributed by atoms with Crippen molar-refractivity contribution < 1.29 is 8.78 Å². The lowest BCUT2D eigenvalue weighted by atomic mass is 10.3. The van der Waals surface area contributed by atoms with Crippen LogP contribution in [0.5, 0.6) is 0 Å². The Hall–Kier alpha value is -1.98. The molecule has 0 unspecified atom stereocenters. The van der Waals surface area contributed by atoms with Crippen molar-refractivity contribution in [1.82, 2.24) is 15.0 Å². The minimum atomic E-state index is -0.579. The lowest BCUT2D eigenvalue weighted by molar-refractivity contribution is 0.582. The lowest BCUT2D eigenvalue weighted by Crippen LogP contribution is -2.03. The fourth-order valence-corrected chi connectivity index (χ4v) is 1.22. The van der Waals surface area contributed by atoms with E-state index in [0.29, 0.717) is 5.69 Å². The number of hydrogen-bond acceptors (Lipinski definition) is 3. The standard InChI is InChI=1S/C9H8F2N4/c1-5-9(12)13-14-15(5)8-4-6(10)2-3-7(8)11/h2-4H,12H2,1H3. The third-order valence-electron chi connectivity index (χ3n) is 2.07. The zero-order valence-corrected chi connectivity index (χ0v) is 7.91. The molecule has 0 amide bonds. The van der Waals surface area contributed by atoms with Gasteiger partial charge in [-0.1, -0.05) is 5.21 Å². The van der Waals surface area contributed by atoms with Gasteiger partial charge in [-0.15, -0.1) is 5.10 Å². The van der Waals surface area contributed by atoms with Crippen LogP contribution in [0.4, 0.5) is 14.6 Å². The highest BCUT2D eigenvalue weighted by molar-refractivity contribution is 5.40. The number of benzene rings is 1. The molecule has 0 fully saturated rings. The molecule has 2 aromatic rings. The van der Waals surface area contributed by atoms with Crippen LogP contribution in [0.2, 0.25) is 0 Å². The SMILES string of the molecule is Cc1c(N)nnn1-c1cc(F)ccc1F. The Kier molecular flexibility index (Phi) is 2.11. The van der Waals surface area contributed by atoms with Gasteiger partial charge < -0.3 is 5.73 Å². The monoisotopic (exact) mass is 210 g/mol. The highest BCUT2D eigenvalue weighted by atomic mass is 19.1. The molecule has 1 aromatic carbocycles. The zero-order chi connectivity index (χ0) is 11.0. The summed E-state index contributed by atoms with van der Waals surface area (Å²) in [4.78, 5) is 0. The van der Waals surface area contributed by atoms with Crippen LogP contribution in [0.15, 0.2) is 18.2 Å². The van der Waals surface area contributed by atoms with Gasteiger partial charge in [-0.25, -0.2) is 13.5 Å². The van der Waals surface area contributed by atoms with Gasteiger partial charge in [0.1, 0.15) is 17.3 Å². The van der Waals surface area contributed by atoms with E-state index in [0.717, 1.165) is 22.9 Å². The van der Waals surface area contributed by atoms with Gasteiger partial charge in [0.25, 0.3) is 0 Å². The first-order chi connectivity index (χ1) is 7.09. The van der Waals surface area contributed by atoms with E-state index in [4.69, 9.17) is 5.73 Å². The molecule has 0 saturated heterocycles. The van der Waals surface area contributed by atoms with E-state index in [1.54, 1.807) is 6.92 Å². The Morgan fingerprint density at radius 3 is 2.67 bits per heavy atom. The van der Waals surface area contributed by atoms with Crippen LogP contribution in [0.3, 0.4) is 0 Å². The van der Waals surface area contributed by atoms with Crippen LogP contribution < -0.4 is 5.73 Å². The maximum Gasteiger partial charge on any atom is 0.169 e. The largest absolute Gasteiger partial charge is 0.381 e. The van der Waals surface area contributed by atoms with Crippen molar-refractivity contribution in [3.63, 3.8) is 0 Å². The van der Waals surface area contributed by atoms with Crippen LogP contribution in [0.1, 0.15) is 5.69 Å². The Labute approximate surface area is 84.3 Å². The molecule has 4 nitrogen and oxygen atoms in total. The van der Waals surface area contributed by atoms with Crippen molar-refractivity contribution in [2.24, 2.45) is 0 Å². The van der Waals surface area contributed by atoms with Gasteiger partial charge in [0.05, 0.1) is 5.69 Å². The average Bonchev–Trinajstić information content (AvgIpc) is 2.52. The van der Waals surface area contributed by atoms with Gasteiger partial charge in [0.2, 0.25) is 0 Å². The van der Waals surface area contributed by atoms with E-state index >= 15 is 0 Å². The molecule has 0 spiro atoms. The van der Waals surface area contributed by atoms with Crippen LogP contribution in [-0.2, 0) is 0 Å².